The molecule has 0 aliphatic carbocycles. The normalized spacial score (nSPS) is 10.8. The predicted molar refractivity (Wildman–Crippen MR) is 125 cm³/mol. The summed E-state index contributed by atoms with van der Waals surface area (Å²) in [5.74, 6) is 0. The van der Waals surface area contributed by atoms with Gasteiger partial charge in [0.25, 0.3) is 0 Å². The summed E-state index contributed by atoms with van der Waals surface area (Å²) in [5, 5.41) is 6.10. The van der Waals surface area contributed by atoms with Crippen molar-refractivity contribution in [1.29, 1.82) is 0 Å². The van der Waals surface area contributed by atoms with E-state index in [0.717, 1.165) is 11.4 Å². The molecule has 0 aliphatic heterocycles. The van der Waals surface area contributed by atoms with Gasteiger partial charge < -0.3 is 5.32 Å². The number of fused-ring (bicyclic) bond motifs is 1. The van der Waals surface area contributed by atoms with E-state index in [0.29, 0.717) is 0 Å². The third-order valence-electron chi connectivity index (χ3n) is 5.26. The molecule has 0 heterocycles. The lowest BCUT2D eigenvalue weighted by atomic mass is 9.94. The summed E-state index contributed by atoms with van der Waals surface area (Å²) < 4.78 is 0. The summed E-state index contributed by atoms with van der Waals surface area (Å²) in [6, 6.07) is 42.6. The molecule has 1 nitrogen and oxygen atoms in total. The Kier molecular flexibility index (Phi) is 4.56. The Morgan fingerprint density at radius 1 is 0.448 bits per heavy atom. The average molecular weight is 371 g/mol. The minimum absolute atomic E-state index is 1.08. The van der Waals surface area contributed by atoms with Crippen LogP contribution in [-0.2, 0) is 0 Å². The molecule has 0 spiro atoms. The van der Waals surface area contributed by atoms with Crippen LogP contribution in [0.4, 0.5) is 11.4 Å². The Hall–Kier alpha value is -3.84. The number of anilines is 2. The lowest BCUT2D eigenvalue weighted by molar-refractivity contribution is 1.54. The van der Waals surface area contributed by atoms with Gasteiger partial charge in [0.15, 0.2) is 0 Å². The maximum Gasteiger partial charge on any atom is 0.0463 e. The Morgan fingerprint density at radius 3 is 1.83 bits per heavy atom. The summed E-state index contributed by atoms with van der Waals surface area (Å²) in [6.45, 7) is 0. The van der Waals surface area contributed by atoms with Crippen LogP contribution in [-0.4, -0.2) is 0 Å². The third kappa shape index (κ3) is 3.51. The van der Waals surface area contributed by atoms with E-state index in [1.165, 1.54) is 33.0 Å². The topological polar surface area (TPSA) is 12.0 Å². The summed E-state index contributed by atoms with van der Waals surface area (Å²) in [7, 11) is 0. The van der Waals surface area contributed by atoms with Crippen molar-refractivity contribution in [2.45, 2.75) is 0 Å². The molecule has 0 saturated carbocycles. The van der Waals surface area contributed by atoms with Gasteiger partial charge in [-0.1, -0.05) is 103 Å². The molecule has 5 aromatic carbocycles. The first-order valence-electron chi connectivity index (χ1n) is 9.88. The van der Waals surface area contributed by atoms with E-state index < -0.39 is 0 Å². The fraction of sp³-hybridized carbons (Fsp3) is 0. The molecule has 0 amide bonds. The lowest BCUT2D eigenvalue weighted by Crippen LogP contribution is -1.93. The van der Waals surface area contributed by atoms with Crippen LogP contribution < -0.4 is 5.32 Å². The molecule has 0 aromatic heterocycles. The van der Waals surface area contributed by atoms with Crippen molar-refractivity contribution in [1.82, 2.24) is 0 Å². The standard InChI is InChI=1S/C28H21N/c1-3-10-21(11-4-1)25-19-18-24(20-27(25)23-12-5-2-6-13-23)29-28-17-9-15-22-14-7-8-16-26(22)28/h1-20,29H. The maximum absolute atomic E-state index is 3.64. The van der Waals surface area contributed by atoms with Crippen molar-refractivity contribution in [3.63, 3.8) is 0 Å². The second-order valence-electron chi connectivity index (χ2n) is 7.14. The van der Waals surface area contributed by atoms with Gasteiger partial charge in [-0.2, -0.15) is 0 Å². The van der Waals surface area contributed by atoms with E-state index in [1.807, 2.05) is 0 Å². The van der Waals surface area contributed by atoms with Gasteiger partial charge in [-0.15, -0.1) is 0 Å². The van der Waals surface area contributed by atoms with Crippen molar-refractivity contribution in [2.24, 2.45) is 0 Å². The molecule has 29 heavy (non-hydrogen) atoms. The minimum Gasteiger partial charge on any atom is -0.355 e. The molecule has 0 atom stereocenters. The number of rotatable bonds is 4. The molecule has 0 bridgehead atoms. The van der Waals surface area contributed by atoms with Crippen LogP contribution in [0.2, 0.25) is 0 Å². The van der Waals surface area contributed by atoms with Gasteiger partial charge in [-0.3, -0.25) is 0 Å². The van der Waals surface area contributed by atoms with Gasteiger partial charge in [0.1, 0.15) is 0 Å². The van der Waals surface area contributed by atoms with Crippen LogP contribution in [0.5, 0.6) is 0 Å². The first-order chi connectivity index (χ1) is 14.4. The van der Waals surface area contributed by atoms with Crippen LogP contribution in [0, 0.1) is 0 Å². The molecule has 0 saturated heterocycles. The van der Waals surface area contributed by atoms with Crippen molar-refractivity contribution in [3.05, 3.63) is 121 Å². The maximum atomic E-state index is 3.64. The zero-order chi connectivity index (χ0) is 19.5. The van der Waals surface area contributed by atoms with E-state index in [4.69, 9.17) is 0 Å². The second-order valence-corrected chi connectivity index (χ2v) is 7.14. The molecule has 0 unspecified atom stereocenters. The first kappa shape index (κ1) is 17.3. The summed E-state index contributed by atoms with van der Waals surface area (Å²) in [6.07, 6.45) is 0. The Morgan fingerprint density at radius 2 is 1.07 bits per heavy atom. The minimum atomic E-state index is 1.08. The molecule has 0 fully saturated rings. The monoisotopic (exact) mass is 371 g/mol. The van der Waals surface area contributed by atoms with Gasteiger partial charge in [0.2, 0.25) is 0 Å². The van der Waals surface area contributed by atoms with Crippen molar-refractivity contribution < 1.29 is 0 Å². The van der Waals surface area contributed by atoms with E-state index in [9.17, 15) is 0 Å². The highest BCUT2D eigenvalue weighted by molar-refractivity contribution is 5.96. The molecule has 1 N–H and O–H groups in total. The zero-order valence-corrected chi connectivity index (χ0v) is 16.0. The Balaban J connectivity index is 1.62. The Bertz CT molecular complexity index is 1250. The van der Waals surface area contributed by atoms with Gasteiger partial charge in [0, 0.05) is 16.8 Å². The van der Waals surface area contributed by atoms with Gasteiger partial charge in [0.05, 0.1) is 0 Å². The number of hydrogen-bond acceptors (Lipinski definition) is 1. The third-order valence-corrected chi connectivity index (χ3v) is 5.26. The molecular weight excluding hydrogens is 350 g/mol. The Labute approximate surface area is 171 Å². The highest BCUT2D eigenvalue weighted by Crippen LogP contribution is 2.35. The van der Waals surface area contributed by atoms with Crippen molar-refractivity contribution >= 4 is 22.1 Å². The molecule has 0 aliphatic rings. The second kappa shape index (κ2) is 7.65. The largest absolute Gasteiger partial charge is 0.355 e. The number of benzene rings is 5. The van der Waals surface area contributed by atoms with E-state index in [1.54, 1.807) is 0 Å². The lowest BCUT2D eigenvalue weighted by Gasteiger charge is -2.15. The summed E-state index contributed by atoms with van der Waals surface area (Å²) in [4.78, 5) is 0. The van der Waals surface area contributed by atoms with Crippen LogP contribution in [0.1, 0.15) is 0 Å². The van der Waals surface area contributed by atoms with Crippen LogP contribution >= 0.6 is 0 Å². The quantitative estimate of drug-likeness (QED) is 0.338. The molecule has 1 heteroatoms. The van der Waals surface area contributed by atoms with Gasteiger partial charge >= 0.3 is 0 Å². The zero-order valence-electron chi connectivity index (χ0n) is 16.0. The van der Waals surface area contributed by atoms with Crippen molar-refractivity contribution in [2.75, 3.05) is 5.32 Å². The van der Waals surface area contributed by atoms with Gasteiger partial charge in [-0.25, -0.2) is 0 Å². The SMILES string of the molecule is c1ccc(-c2ccc(Nc3cccc4ccccc34)cc2-c2ccccc2)cc1. The van der Waals surface area contributed by atoms with Crippen LogP contribution in [0.25, 0.3) is 33.0 Å². The van der Waals surface area contributed by atoms with E-state index in [-0.39, 0.29) is 0 Å². The van der Waals surface area contributed by atoms with E-state index >= 15 is 0 Å². The van der Waals surface area contributed by atoms with Crippen LogP contribution in [0.15, 0.2) is 121 Å². The highest BCUT2D eigenvalue weighted by Gasteiger charge is 2.09. The number of nitrogens with one attached hydrogen (secondary N) is 1. The summed E-state index contributed by atoms with van der Waals surface area (Å²) in [5.41, 5.74) is 7.10. The van der Waals surface area contributed by atoms with Gasteiger partial charge in [-0.05, 0) is 45.8 Å². The van der Waals surface area contributed by atoms with E-state index in [2.05, 4.69) is 127 Å². The summed E-state index contributed by atoms with van der Waals surface area (Å²) >= 11 is 0. The molecule has 0 radical (unpaired) electrons. The first-order valence-corrected chi connectivity index (χ1v) is 9.88. The molecule has 138 valence electrons. The average Bonchev–Trinajstić information content (AvgIpc) is 2.80. The molecular formula is C28H21N. The number of hydrogen-bond donors (Lipinski definition) is 1. The molecule has 5 aromatic rings. The smallest absolute Gasteiger partial charge is 0.0463 e. The predicted octanol–water partition coefficient (Wildman–Crippen LogP) is 7.92. The van der Waals surface area contributed by atoms with Crippen LogP contribution in [0.3, 0.4) is 0 Å². The highest BCUT2D eigenvalue weighted by atomic mass is 14.9. The van der Waals surface area contributed by atoms with Crippen molar-refractivity contribution in [3.8, 4) is 22.3 Å². The fourth-order valence-corrected chi connectivity index (χ4v) is 3.84. The molecule has 5 rings (SSSR count). The fourth-order valence-electron chi connectivity index (χ4n) is 3.84.